The normalized spacial score (nSPS) is 17.5. The van der Waals surface area contributed by atoms with E-state index in [1.165, 1.54) is 4.68 Å². The predicted molar refractivity (Wildman–Crippen MR) is 99.5 cm³/mol. The maximum absolute atomic E-state index is 12.7. The van der Waals surface area contributed by atoms with E-state index in [0.717, 1.165) is 5.76 Å². The van der Waals surface area contributed by atoms with Gasteiger partial charge in [0, 0.05) is 11.6 Å². The number of benzene rings is 1. The van der Waals surface area contributed by atoms with Crippen LogP contribution in [0, 0.1) is 0 Å². The molecule has 1 fully saturated rings. The molecule has 2 aromatic heterocycles. The van der Waals surface area contributed by atoms with Crippen LogP contribution in [-0.2, 0) is 4.74 Å². The highest BCUT2D eigenvalue weighted by atomic mass is 35.5. The lowest BCUT2D eigenvalue weighted by molar-refractivity contribution is 0.0257. The SMILES string of the molecule is O=c1c(Cl)c(N2CCOC(c3ccco3)C2)cnn1-c1ccc(Cl)cc1. The van der Waals surface area contributed by atoms with Crippen molar-refractivity contribution in [2.24, 2.45) is 0 Å². The Balaban J connectivity index is 1.64. The molecular formula is C18H15Cl2N3O3. The smallest absolute Gasteiger partial charge is 0.292 e. The van der Waals surface area contributed by atoms with E-state index in [1.807, 2.05) is 17.0 Å². The lowest BCUT2D eigenvalue weighted by atomic mass is 10.2. The molecule has 1 aromatic carbocycles. The molecule has 0 spiro atoms. The molecule has 1 saturated heterocycles. The van der Waals surface area contributed by atoms with Crippen LogP contribution in [-0.4, -0.2) is 29.5 Å². The first-order valence-corrected chi connectivity index (χ1v) is 8.83. The summed E-state index contributed by atoms with van der Waals surface area (Å²) in [5, 5.41) is 4.98. The highest BCUT2D eigenvalue weighted by molar-refractivity contribution is 6.33. The summed E-state index contributed by atoms with van der Waals surface area (Å²) in [6.45, 7) is 1.64. The van der Waals surface area contributed by atoms with Crippen molar-refractivity contribution in [1.82, 2.24) is 9.78 Å². The molecule has 0 bridgehead atoms. The zero-order valence-electron chi connectivity index (χ0n) is 13.6. The monoisotopic (exact) mass is 391 g/mol. The first kappa shape index (κ1) is 17.1. The van der Waals surface area contributed by atoms with Gasteiger partial charge in [-0.1, -0.05) is 23.2 Å². The van der Waals surface area contributed by atoms with E-state index >= 15 is 0 Å². The van der Waals surface area contributed by atoms with Crippen molar-refractivity contribution >= 4 is 28.9 Å². The predicted octanol–water partition coefficient (Wildman–Crippen LogP) is 3.71. The van der Waals surface area contributed by atoms with Gasteiger partial charge in [-0.05, 0) is 36.4 Å². The molecule has 1 aliphatic rings. The number of furan rings is 1. The van der Waals surface area contributed by atoms with Gasteiger partial charge in [0.15, 0.2) is 0 Å². The molecule has 0 radical (unpaired) electrons. The Hall–Kier alpha value is -2.28. The van der Waals surface area contributed by atoms with Crippen LogP contribution < -0.4 is 10.5 Å². The Labute approximate surface area is 159 Å². The van der Waals surface area contributed by atoms with E-state index in [-0.39, 0.29) is 16.7 Å². The maximum atomic E-state index is 12.7. The Morgan fingerprint density at radius 1 is 1.15 bits per heavy atom. The van der Waals surface area contributed by atoms with Gasteiger partial charge in [-0.3, -0.25) is 4.79 Å². The highest BCUT2D eigenvalue weighted by Gasteiger charge is 2.26. The van der Waals surface area contributed by atoms with Gasteiger partial charge in [-0.2, -0.15) is 9.78 Å². The number of anilines is 1. The second-order valence-corrected chi connectivity index (χ2v) is 6.67. The molecule has 1 aliphatic heterocycles. The molecule has 8 heteroatoms. The van der Waals surface area contributed by atoms with Crippen LogP contribution in [0.1, 0.15) is 11.9 Å². The number of morpholine rings is 1. The summed E-state index contributed by atoms with van der Waals surface area (Å²) < 4.78 is 12.4. The first-order valence-electron chi connectivity index (χ1n) is 8.07. The van der Waals surface area contributed by atoms with Crippen LogP contribution >= 0.6 is 23.2 Å². The minimum atomic E-state index is -0.382. The van der Waals surface area contributed by atoms with Crippen molar-refractivity contribution < 1.29 is 9.15 Å². The van der Waals surface area contributed by atoms with Gasteiger partial charge in [0.25, 0.3) is 5.56 Å². The molecular weight excluding hydrogens is 377 g/mol. The standard InChI is InChI=1S/C18H15Cl2N3O3/c19-12-3-5-13(6-4-12)23-18(24)17(20)14(10-21-23)22-7-9-26-16(11-22)15-2-1-8-25-15/h1-6,8,10,16H,7,9,11H2. The molecule has 3 aromatic rings. The summed E-state index contributed by atoms with van der Waals surface area (Å²) in [5.41, 5.74) is 0.803. The van der Waals surface area contributed by atoms with Crippen molar-refractivity contribution in [2.45, 2.75) is 6.10 Å². The maximum Gasteiger partial charge on any atom is 0.292 e. The Morgan fingerprint density at radius 3 is 2.69 bits per heavy atom. The summed E-state index contributed by atoms with van der Waals surface area (Å²) in [6.07, 6.45) is 3.00. The molecule has 26 heavy (non-hydrogen) atoms. The Morgan fingerprint density at radius 2 is 1.96 bits per heavy atom. The van der Waals surface area contributed by atoms with Gasteiger partial charge in [0.2, 0.25) is 0 Å². The minimum Gasteiger partial charge on any atom is -0.467 e. The average molecular weight is 392 g/mol. The summed E-state index contributed by atoms with van der Waals surface area (Å²) in [4.78, 5) is 14.7. The molecule has 0 amide bonds. The molecule has 6 nitrogen and oxygen atoms in total. The van der Waals surface area contributed by atoms with Crippen molar-refractivity contribution in [1.29, 1.82) is 0 Å². The zero-order chi connectivity index (χ0) is 18.1. The molecule has 0 N–H and O–H groups in total. The topological polar surface area (TPSA) is 60.5 Å². The fourth-order valence-electron chi connectivity index (χ4n) is 2.93. The molecule has 1 atom stereocenters. The van der Waals surface area contributed by atoms with Gasteiger partial charge < -0.3 is 14.1 Å². The van der Waals surface area contributed by atoms with Crippen LogP contribution in [0.4, 0.5) is 5.69 Å². The van der Waals surface area contributed by atoms with Crippen LogP contribution in [0.25, 0.3) is 5.69 Å². The summed E-state index contributed by atoms with van der Waals surface area (Å²) in [7, 11) is 0. The van der Waals surface area contributed by atoms with Crippen molar-refractivity contribution in [3.8, 4) is 5.69 Å². The fraction of sp³-hybridized carbons (Fsp3) is 0.222. The van der Waals surface area contributed by atoms with Crippen molar-refractivity contribution in [3.63, 3.8) is 0 Å². The van der Waals surface area contributed by atoms with Gasteiger partial charge in [-0.15, -0.1) is 0 Å². The number of rotatable bonds is 3. The van der Waals surface area contributed by atoms with Crippen LogP contribution in [0.15, 0.2) is 58.1 Å². The number of hydrogen-bond acceptors (Lipinski definition) is 5. The van der Waals surface area contributed by atoms with Crippen molar-refractivity contribution in [3.05, 3.63) is 75.0 Å². The second kappa shape index (κ2) is 7.15. The van der Waals surface area contributed by atoms with E-state index in [9.17, 15) is 4.79 Å². The van der Waals surface area contributed by atoms with E-state index in [0.29, 0.717) is 36.1 Å². The van der Waals surface area contributed by atoms with Gasteiger partial charge >= 0.3 is 0 Å². The molecule has 4 rings (SSSR count). The summed E-state index contributed by atoms with van der Waals surface area (Å²) in [5.74, 6) is 0.744. The van der Waals surface area contributed by atoms with Crippen LogP contribution in [0.5, 0.6) is 0 Å². The number of nitrogens with zero attached hydrogens (tertiary/aromatic N) is 3. The first-order chi connectivity index (χ1) is 12.6. The Bertz CT molecular complexity index is 955. The van der Waals surface area contributed by atoms with E-state index < -0.39 is 0 Å². The number of aromatic nitrogens is 2. The van der Waals surface area contributed by atoms with Gasteiger partial charge in [0.05, 0.1) is 37.0 Å². The molecule has 0 saturated carbocycles. The number of ether oxygens (including phenoxy) is 1. The zero-order valence-corrected chi connectivity index (χ0v) is 15.2. The molecule has 1 unspecified atom stereocenters. The lowest BCUT2D eigenvalue weighted by Gasteiger charge is -2.33. The quantitative estimate of drug-likeness (QED) is 0.680. The third-order valence-corrected chi connectivity index (χ3v) is 4.85. The largest absolute Gasteiger partial charge is 0.467 e. The summed E-state index contributed by atoms with van der Waals surface area (Å²) in [6, 6.07) is 10.5. The average Bonchev–Trinajstić information content (AvgIpc) is 3.20. The van der Waals surface area contributed by atoms with Gasteiger partial charge in [-0.25, -0.2) is 0 Å². The third kappa shape index (κ3) is 3.23. The van der Waals surface area contributed by atoms with Gasteiger partial charge in [0.1, 0.15) is 16.9 Å². The second-order valence-electron chi connectivity index (χ2n) is 5.86. The fourth-order valence-corrected chi connectivity index (χ4v) is 3.30. The lowest BCUT2D eigenvalue weighted by Crippen LogP contribution is -2.39. The van der Waals surface area contributed by atoms with E-state index in [4.69, 9.17) is 32.4 Å². The molecule has 3 heterocycles. The van der Waals surface area contributed by atoms with Crippen LogP contribution in [0.2, 0.25) is 10.0 Å². The van der Waals surface area contributed by atoms with Crippen molar-refractivity contribution in [2.75, 3.05) is 24.6 Å². The number of halogens is 2. The molecule has 0 aliphatic carbocycles. The molecule has 134 valence electrons. The third-order valence-electron chi connectivity index (χ3n) is 4.24. The highest BCUT2D eigenvalue weighted by Crippen LogP contribution is 2.29. The van der Waals surface area contributed by atoms with Crippen LogP contribution in [0.3, 0.4) is 0 Å². The minimum absolute atomic E-state index is 0.120. The van der Waals surface area contributed by atoms with E-state index in [1.54, 1.807) is 36.7 Å². The summed E-state index contributed by atoms with van der Waals surface area (Å²) >= 11 is 12.3. The Kier molecular flexibility index (Phi) is 4.72. The number of hydrogen-bond donors (Lipinski definition) is 0. The van der Waals surface area contributed by atoms with E-state index in [2.05, 4.69) is 5.10 Å².